The summed E-state index contributed by atoms with van der Waals surface area (Å²) in [5, 5.41) is 4.04. The van der Waals surface area contributed by atoms with Crippen molar-refractivity contribution in [1.29, 1.82) is 0 Å². The highest BCUT2D eigenvalue weighted by Gasteiger charge is 2.24. The number of ether oxygens (including phenoxy) is 1. The quantitative estimate of drug-likeness (QED) is 0.169. The molecule has 0 saturated carbocycles. The van der Waals surface area contributed by atoms with Crippen molar-refractivity contribution in [3.8, 4) is 16.9 Å². The highest BCUT2D eigenvalue weighted by Crippen LogP contribution is 2.38. The number of nitrogens with one attached hydrogen (secondary N) is 2. The molecule has 0 radical (unpaired) electrons. The number of hydrogen-bond donors (Lipinski definition) is 2. The molecule has 0 unspecified atom stereocenters. The Morgan fingerprint density at radius 1 is 1.00 bits per heavy atom. The number of likely N-dealkylation sites (tertiary alicyclic amines) is 1. The highest BCUT2D eigenvalue weighted by molar-refractivity contribution is 6.03. The fourth-order valence-corrected chi connectivity index (χ4v) is 6.02. The van der Waals surface area contributed by atoms with Crippen molar-refractivity contribution < 1.29 is 9.53 Å². The molecule has 0 bridgehead atoms. The number of unbranched alkanes of at least 4 members (excludes halogenated alkanes) is 1. The van der Waals surface area contributed by atoms with E-state index >= 15 is 0 Å². The highest BCUT2D eigenvalue weighted by atomic mass is 16.5. The largest absolute Gasteiger partial charge is 0.492 e. The molecule has 2 N–H and O–H groups in total. The second kappa shape index (κ2) is 14.7. The number of nitrogens with zero attached hydrogens (tertiary/aromatic N) is 3. The summed E-state index contributed by atoms with van der Waals surface area (Å²) < 4.78 is 6.16. The third-order valence-electron chi connectivity index (χ3n) is 8.58. The molecule has 2 aromatic carbocycles. The topological polar surface area (TPSA) is 90.6 Å². The Balaban J connectivity index is 1.46. The van der Waals surface area contributed by atoms with E-state index in [2.05, 4.69) is 79.1 Å². The Morgan fingerprint density at radius 3 is 2.42 bits per heavy atom. The first-order valence-electron chi connectivity index (χ1n) is 16.4. The number of pyridine rings is 2. The SMILES string of the molecule is CCCCN(C(=O)Nc1c(C(C)C)cc(-c2cccc(OCCN3CCCC3)c2)cc1C(C)C)c1cc2cccnc2[nH]c1=O. The van der Waals surface area contributed by atoms with Gasteiger partial charge in [0.05, 0.1) is 0 Å². The summed E-state index contributed by atoms with van der Waals surface area (Å²) in [4.78, 5) is 38.4. The van der Waals surface area contributed by atoms with Crippen LogP contribution >= 0.6 is 0 Å². The van der Waals surface area contributed by atoms with E-state index in [9.17, 15) is 9.59 Å². The van der Waals surface area contributed by atoms with Crippen molar-refractivity contribution in [2.75, 3.05) is 43.0 Å². The first-order chi connectivity index (χ1) is 21.7. The molecule has 4 aromatic rings. The lowest BCUT2D eigenvalue weighted by Crippen LogP contribution is -2.39. The second-order valence-corrected chi connectivity index (χ2v) is 12.6. The summed E-state index contributed by atoms with van der Waals surface area (Å²) in [6.07, 6.45) is 5.85. The lowest BCUT2D eigenvalue weighted by Gasteiger charge is -2.27. The predicted octanol–water partition coefficient (Wildman–Crippen LogP) is 8.15. The van der Waals surface area contributed by atoms with Crippen molar-refractivity contribution in [2.24, 2.45) is 0 Å². The summed E-state index contributed by atoms with van der Waals surface area (Å²) in [6.45, 7) is 15.0. The summed E-state index contributed by atoms with van der Waals surface area (Å²) in [5.41, 5.74) is 5.57. The van der Waals surface area contributed by atoms with Crippen molar-refractivity contribution >= 4 is 28.4 Å². The number of H-pyrrole nitrogens is 1. The molecule has 2 aromatic heterocycles. The maximum atomic E-state index is 14.1. The van der Waals surface area contributed by atoms with Crippen LogP contribution in [0.3, 0.4) is 0 Å². The lowest BCUT2D eigenvalue weighted by atomic mass is 9.88. The van der Waals surface area contributed by atoms with Crippen LogP contribution in [0, 0.1) is 0 Å². The van der Waals surface area contributed by atoms with Crippen LogP contribution in [0.5, 0.6) is 5.75 Å². The monoisotopic (exact) mass is 609 g/mol. The maximum absolute atomic E-state index is 14.1. The van der Waals surface area contributed by atoms with Crippen LogP contribution in [0.1, 0.15) is 83.3 Å². The van der Waals surface area contributed by atoms with Crippen molar-refractivity contribution in [3.63, 3.8) is 0 Å². The Hall–Kier alpha value is -4.17. The minimum atomic E-state index is -0.335. The molecule has 1 fully saturated rings. The van der Waals surface area contributed by atoms with Crippen molar-refractivity contribution in [3.05, 3.63) is 82.3 Å². The van der Waals surface area contributed by atoms with E-state index in [4.69, 9.17) is 4.74 Å². The van der Waals surface area contributed by atoms with Crippen LogP contribution in [0.2, 0.25) is 0 Å². The van der Waals surface area contributed by atoms with Gasteiger partial charge in [-0.1, -0.05) is 53.2 Å². The summed E-state index contributed by atoms with van der Waals surface area (Å²) >= 11 is 0. The molecular formula is C37H47N5O3. The average molecular weight is 610 g/mol. The number of hydrogen-bond acceptors (Lipinski definition) is 5. The Kier molecular flexibility index (Phi) is 10.6. The number of anilines is 2. The lowest BCUT2D eigenvalue weighted by molar-refractivity contribution is 0.238. The molecule has 8 heteroatoms. The predicted molar refractivity (Wildman–Crippen MR) is 185 cm³/mol. The number of aromatic amines is 1. The van der Waals surface area contributed by atoms with Gasteiger partial charge >= 0.3 is 6.03 Å². The molecule has 1 saturated heterocycles. The zero-order chi connectivity index (χ0) is 31.9. The summed E-state index contributed by atoms with van der Waals surface area (Å²) in [7, 11) is 0. The molecule has 0 aliphatic carbocycles. The summed E-state index contributed by atoms with van der Waals surface area (Å²) in [6, 6.07) is 17.8. The van der Waals surface area contributed by atoms with Crippen LogP contribution in [0.25, 0.3) is 22.2 Å². The van der Waals surface area contributed by atoms with Gasteiger partial charge in [-0.05, 0) is 109 Å². The minimum absolute atomic E-state index is 0.150. The molecule has 1 aliphatic rings. The maximum Gasteiger partial charge on any atom is 0.326 e. The third kappa shape index (κ3) is 7.74. The molecule has 0 atom stereocenters. The molecule has 1 aliphatic heterocycles. The van der Waals surface area contributed by atoms with Gasteiger partial charge in [0, 0.05) is 30.4 Å². The standard InChI is InChI=1S/C37H47N5O3/c1-6-7-18-42(33-24-28-13-11-15-38-35(28)40-36(33)43)37(44)39-34-31(25(2)3)22-29(23-32(34)26(4)5)27-12-10-14-30(21-27)45-20-19-41-16-8-9-17-41/h10-15,21-26H,6-9,16-20H2,1-5H3,(H,39,44)(H,38,40,43). The van der Waals surface area contributed by atoms with Gasteiger partial charge < -0.3 is 15.0 Å². The van der Waals surface area contributed by atoms with E-state index in [1.54, 1.807) is 17.2 Å². The fraction of sp³-hybridized carbons (Fsp3) is 0.432. The van der Waals surface area contributed by atoms with Gasteiger partial charge in [0.2, 0.25) is 0 Å². The normalized spacial score (nSPS) is 13.6. The number of fused-ring (bicyclic) bond motifs is 1. The zero-order valence-electron chi connectivity index (χ0n) is 27.4. The Bertz CT molecular complexity index is 1640. The van der Waals surface area contributed by atoms with E-state index < -0.39 is 0 Å². The van der Waals surface area contributed by atoms with Gasteiger partial charge in [-0.2, -0.15) is 0 Å². The van der Waals surface area contributed by atoms with Gasteiger partial charge in [0.25, 0.3) is 5.56 Å². The average Bonchev–Trinajstić information content (AvgIpc) is 3.55. The van der Waals surface area contributed by atoms with Crippen LogP contribution < -0.4 is 20.5 Å². The van der Waals surface area contributed by atoms with Crippen molar-refractivity contribution in [1.82, 2.24) is 14.9 Å². The van der Waals surface area contributed by atoms with E-state index in [-0.39, 0.29) is 23.4 Å². The molecule has 3 heterocycles. The van der Waals surface area contributed by atoms with Crippen molar-refractivity contribution in [2.45, 2.75) is 72.1 Å². The molecule has 0 spiro atoms. The van der Waals surface area contributed by atoms with Crippen LogP contribution in [0.15, 0.2) is 65.6 Å². The van der Waals surface area contributed by atoms with Crippen LogP contribution in [0.4, 0.5) is 16.2 Å². The first kappa shape index (κ1) is 32.2. The van der Waals surface area contributed by atoms with Crippen LogP contribution in [-0.2, 0) is 0 Å². The molecular weight excluding hydrogens is 562 g/mol. The van der Waals surface area contributed by atoms with Gasteiger partial charge in [-0.3, -0.25) is 14.6 Å². The van der Waals surface area contributed by atoms with Gasteiger partial charge in [0.1, 0.15) is 23.7 Å². The number of amides is 2. The first-order valence-corrected chi connectivity index (χ1v) is 16.4. The number of urea groups is 1. The fourth-order valence-electron chi connectivity index (χ4n) is 6.02. The van der Waals surface area contributed by atoms with Gasteiger partial charge in [0.15, 0.2) is 0 Å². The third-order valence-corrected chi connectivity index (χ3v) is 8.58. The van der Waals surface area contributed by atoms with Gasteiger partial charge in [-0.15, -0.1) is 0 Å². The Labute approximate surface area is 266 Å². The molecule has 45 heavy (non-hydrogen) atoms. The minimum Gasteiger partial charge on any atom is -0.492 e. The van der Waals surface area contributed by atoms with E-state index in [1.807, 2.05) is 24.3 Å². The molecule has 5 rings (SSSR count). The van der Waals surface area contributed by atoms with E-state index in [0.717, 1.165) is 71.6 Å². The summed E-state index contributed by atoms with van der Waals surface area (Å²) in [5.74, 6) is 1.16. The number of rotatable bonds is 12. The number of carbonyl (C=O) groups excluding carboxylic acids is 1. The van der Waals surface area contributed by atoms with Crippen LogP contribution in [-0.4, -0.2) is 53.7 Å². The van der Waals surface area contributed by atoms with Gasteiger partial charge in [-0.25, -0.2) is 9.78 Å². The number of benzene rings is 2. The molecule has 2 amide bonds. The van der Waals surface area contributed by atoms with E-state index in [1.165, 1.54) is 12.8 Å². The number of aromatic nitrogens is 2. The smallest absolute Gasteiger partial charge is 0.326 e. The number of carbonyl (C=O) groups is 1. The van der Waals surface area contributed by atoms with E-state index in [0.29, 0.717) is 24.5 Å². The molecule has 238 valence electrons. The Morgan fingerprint density at radius 2 is 1.73 bits per heavy atom. The molecule has 8 nitrogen and oxygen atoms in total. The second-order valence-electron chi connectivity index (χ2n) is 12.6. The zero-order valence-corrected chi connectivity index (χ0v) is 27.4.